The standard InChI is InChI=1S/C18H24N4O/c1-13(21-18(23)12-15-4-2-5-17(15)19)14-6-8-16(9-7-14)22-11-3-10-20-22/h3,6-11,13,15,17H,2,4-5,12,19H2,1H3,(H,21,23)/t13?,15-,17+/m0/s1. The topological polar surface area (TPSA) is 72.9 Å². The Morgan fingerprint density at radius 1 is 1.39 bits per heavy atom. The second-order valence-corrected chi connectivity index (χ2v) is 6.39. The number of carbonyl (C=O) groups is 1. The first kappa shape index (κ1) is 15.7. The number of nitrogens with two attached hydrogens (primary N) is 1. The Kier molecular flexibility index (Phi) is 4.76. The fourth-order valence-electron chi connectivity index (χ4n) is 3.28. The molecule has 0 radical (unpaired) electrons. The molecule has 2 aromatic rings. The van der Waals surface area contributed by atoms with Crippen LogP contribution in [0.15, 0.2) is 42.7 Å². The third-order valence-corrected chi connectivity index (χ3v) is 4.70. The van der Waals surface area contributed by atoms with Gasteiger partial charge in [0.15, 0.2) is 0 Å². The van der Waals surface area contributed by atoms with Crippen LogP contribution in [0.25, 0.3) is 5.69 Å². The van der Waals surface area contributed by atoms with E-state index < -0.39 is 0 Å². The molecule has 0 aliphatic heterocycles. The Labute approximate surface area is 136 Å². The maximum absolute atomic E-state index is 12.2. The molecule has 3 N–H and O–H groups in total. The normalized spacial score (nSPS) is 22.0. The van der Waals surface area contributed by atoms with E-state index in [1.54, 1.807) is 6.20 Å². The van der Waals surface area contributed by atoms with Crippen molar-refractivity contribution in [2.75, 3.05) is 0 Å². The average Bonchev–Trinajstić information content (AvgIpc) is 3.20. The van der Waals surface area contributed by atoms with Crippen LogP contribution in [0, 0.1) is 5.92 Å². The highest BCUT2D eigenvalue weighted by Crippen LogP contribution is 2.27. The van der Waals surface area contributed by atoms with Gasteiger partial charge in [-0.3, -0.25) is 4.79 Å². The molecule has 1 aliphatic carbocycles. The minimum absolute atomic E-state index is 0.00759. The van der Waals surface area contributed by atoms with Gasteiger partial charge in [0.25, 0.3) is 0 Å². The van der Waals surface area contributed by atoms with E-state index in [0.717, 1.165) is 30.5 Å². The zero-order valence-corrected chi connectivity index (χ0v) is 13.5. The van der Waals surface area contributed by atoms with Gasteiger partial charge >= 0.3 is 0 Å². The summed E-state index contributed by atoms with van der Waals surface area (Å²) in [7, 11) is 0. The van der Waals surface area contributed by atoms with Gasteiger partial charge in [0, 0.05) is 24.9 Å². The van der Waals surface area contributed by atoms with Gasteiger partial charge in [-0.25, -0.2) is 4.68 Å². The van der Waals surface area contributed by atoms with E-state index in [1.165, 1.54) is 0 Å². The van der Waals surface area contributed by atoms with Crippen LogP contribution in [0.1, 0.15) is 44.2 Å². The summed E-state index contributed by atoms with van der Waals surface area (Å²) in [5.74, 6) is 0.431. The second-order valence-electron chi connectivity index (χ2n) is 6.39. The minimum atomic E-state index is -0.00759. The Hall–Kier alpha value is -2.14. The lowest BCUT2D eigenvalue weighted by atomic mass is 9.99. The molecular weight excluding hydrogens is 288 g/mol. The molecule has 1 fully saturated rings. The molecule has 1 heterocycles. The van der Waals surface area contributed by atoms with Gasteiger partial charge in [0.1, 0.15) is 0 Å². The highest BCUT2D eigenvalue weighted by Gasteiger charge is 2.26. The van der Waals surface area contributed by atoms with Crippen molar-refractivity contribution in [3.8, 4) is 5.69 Å². The molecule has 0 saturated heterocycles. The third-order valence-electron chi connectivity index (χ3n) is 4.70. The van der Waals surface area contributed by atoms with Gasteiger partial charge in [-0.05, 0) is 49.4 Å². The lowest BCUT2D eigenvalue weighted by Gasteiger charge is -2.18. The molecule has 1 unspecified atom stereocenters. The molecule has 122 valence electrons. The van der Waals surface area contributed by atoms with Gasteiger partial charge in [0.2, 0.25) is 5.91 Å². The smallest absolute Gasteiger partial charge is 0.220 e. The van der Waals surface area contributed by atoms with Crippen molar-refractivity contribution in [2.24, 2.45) is 11.7 Å². The molecule has 1 amide bonds. The number of aromatic nitrogens is 2. The minimum Gasteiger partial charge on any atom is -0.350 e. The van der Waals surface area contributed by atoms with Crippen LogP contribution in [-0.2, 0) is 4.79 Å². The predicted molar refractivity (Wildman–Crippen MR) is 90.1 cm³/mol. The number of carbonyl (C=O) groups excluding carboxylic acids is 1. The number of nitrogens with one attached hydrogen (secondary N) is 1. The van der Waals surface area contributed by atoms with Crippen LogP contribution >= 0.6 is 0 Å². The molecule has 1 aliphatic rings. The highest BCUT2D eigenvalue weighted by molar-refractivity contribution is 5.76. The van der Waals surface area contributed by atoms with Gasteiger partial charge < -0.3 is 11.1 Å². The maximum Gasteiger partial charge on any atom is 0.220 e. The second kappa shape index (κ2) is 6.96. The molecule has 3 rings (SSSR count). The van der Waals surface area contributed by atoms with Gasteiger partial charge in [0.05, 0.1) is 11.7 Å². The Bertz CT molecular complexity index is 636. The lowest BCUT2D eigenvalue weighted by molar-refractivity contribution is -0.122. The van der Waals surface area contributed by atoms with Crippen molar-refractivity contribution in [3.05, 3.63) is 48.3 Å². The number of hydrogen-bond donors (Lipinski definition) is 2. The van der Waals surface area contributed by atoms with Crippen LogP contribution in [0.4, 0.5) is 0 Å². The van der Waals surface area contributed by atoms with E-state index in [9.17, 15) is 4.79 Å². The van der Waals surface area contributed by atoms with E-state index in [-0.39, 0.29) is 18.0 Å². The fourth-order valence-corrected chi connectivity index (χ4v) is 3.28. The van der Waals surface area contributed by atoms with E-state index >= 15 is 0 Å². The Balaban J connectivity index is 1.57. The average molecular weight is 312 g/mol. The number of amides is 1. The SMILES string of the molecule is CC(NC(=O)C[C@@H]1CCC[C@H]1N)c1ccc(-n2cccn2)cc1. The predicted octanol–water partition coefficient (Wildman–Crippen LogP) is 2.57. The van der Waals surface area contributed by atoms with Crippen molar-refractivity contribution in [2.45, 2.75) is 44.7 Å². The van der Waals surface area contributed by atoms with Crippen LogP contribution in [0.3, 0.4) is 0 Å². The van der Waals surface area contributed by atoms with E-state index in [4.69, 9.17) is 5.73 Å². The van der Waals surface area contributed by atoms with Gasteiger partial charge in [-0.1, -0.05) is 18.6 Å². The third kappa shape index (κ3) is 3.79. The summed E-state index contributed by atoms with van der Waals surface area (Å²) < 4.78 is 1.81. The summed E-state index contributed by atoms with van der Waals surface area (Å²) in [4.78, 5) is 12.2. The Morgan fingerprint density at radius 2 is 2.17 bits per heavy atom. The fraction of sp³-hybridized carbons (Fsp3) is 0.444. The van der Waals surface area contributed by atoms with Crippen molar-refractivity contribution in [3.63, 3.8) is 0 Å². The molecule has 1 aromatic carbocycles. The molecule has 5 nitrogen and oxygen atoms in total. The Morgan fingerprint density at radius 3 is 2.78 bits per heavy atom. The molecule has 5 heteroatoms. The molecule has 1 saturated carbocycles. The van der Waals surface area contributed by atoms with Gasteiger partial charge in [-0.2, -0.15) is 5.10 Å². The van der Waals surface area contributed by atoms with E-state index in [0.29, 0.717) is 12.3 Å². The molecule has 1 aromatic heterocycles. The maximum atomic E-state index is 12.2. The zero-order chi connectivity index (χ0) is 16.2. The number of hydrogen-bond acceptors (Lipinski definition) is 3. The molecule has 3 atom stereocenters. The molecule has 0 bridgehead atoms. The van der Waals surface area contributed by atoms with Crippen molar-refractivity contribution in [1.29, 1.82) is 0 Å². The summed E-state index contributed by atoms with van der Waals surface area (Å²) in [5.41, 5.74) is 8.14. The summed E-state index contributed by atoms with van der Waals surface area (Å²) in [5, 5.41) is 7.29. The summed E-state index contributed by atoms with van der Waals surface area (Å²) in [6.45, 7) is 2.01. The van der Waals surface area contributed by atoms with Crippen LogP contribution < -0.4 is 11.1 Å². The van der Waals surface area contributed by atoms with E-state index in [2.05, 4.69) is 10.4 Å². The molecule has 23 heavy (non-hydrogen) atoms. The van der Waals surface area contributed by atoms with Crippen molar-refractivity contribution in [1.82, 2.24) is 15.1 Å². The van der Waals surface area contributed by atoms with Crippen molar-refractivity contribution < 1.29 is 4.79 Å². The number of benzene rings is 1. The lowest BCUT2D eigenvalue weighted by Crippen LogP contribution is -2.32. The summed E-state index contributed by atoms with van der Waals surface area (Å²) in [6.07, 6.45) is 7.46. The molecular formula is C18H24N4O. The first-order chi connectivity index (χ1) is 11.1. The van der Waals surface area contributed by atoms with Crippen LogP contribution in [0.5, 0.6) is 0 Å². The molecule has 0 spiro atoms. The summed E-state index contributed by atoms with van der Waals surface area (Å²) >= 11 is 0. The monoisotopic (exact) mass is 312 g/mol. The highest BCUT2D eigenvalue weighted by atomic mass is 16.1. The first-order valence-corrected chi connectivity index (χ1v) is 8.28. The number of nitrogens with zero attached hydrogens (tertiary/aromatic N) is 2. The van der Waals surface area contributed by atoms with Crippen molar-refractivity contribution >= 4 is 5.91 Å². The van der Waals surface area contributed by atoms with Crippen LogP contribution in [-0.4, -0.2) is 21.7 Å². The first-order valence-electron chi connectivity index (χ1n) is 8.28. The van der Waals surface area contributed by atoms with Crippen LogP contribution in [0.2, 0.25) is 0 Å². The largest absolute Gasteiger partial charge is 0.350 e. The van der Waals surface area contributed by atoms with E-state index in [1.807, 2.05) is 48.1 Å². The zero-order valence-electron chi connectivity index (χ0n) is 13.5. The number of rotatable bonds is 5. The van der Waals surface area contributed by atoms with Gasteiger partial charge in [-0.15, -0.1) is 0 Å². The summed E-state index contributed by atoms with van der Waals surface area (Å²) in [6, 6.07) is 10.2. The quantitative estimate of drug-likeness (QED) is 0.891.